The topological polar surface area (TPSA) is 126 Å². The average molecular weight is 525 g/mol. The third-order valence-electron chi connectivity index (χ3n) is 5.68. The Balaban J connectivity index is 3.36. The van der Waals surface area contributed by atoms with Crippen molar-refractivity contribution in [1.82, 2.24) is 0 Å². The average Bonchev–Trinajstić information content (AvgIpc) is 2.85. The summed E-state index contributed by atoms with van der Waals surface area (Å²) in [6, 6.07) is 0. The molecular formula is C26H53O8P. The molecule has 3 atom stereocenters. The Morgan fingerprint density at radius 2 is 1.14 bits per heavy atom. The van der Waals surface area contributed by atoms with Gasteiger partial charge in [0.2, 0.25) is 0 Å². The number of phosphoric ester groups is 1. The third kappa shape index (κ3) is 26.6. The first-order valence-electron chi connectivity index (χ1n) is 13.7. The van der Waals surface area contributed by atoms with Crippen LogP contribution in [-0.2, 0) is 18.3 Å². The van der Waals surface area contributed by atoms with Gasteiger partial charge in [-0.1, -0.05) is 89.7 Å². The Morgan fingerprint density at radius 3 is 1.66 bits per heavy atom. The van der Waals surface area contributed by atoms with Crippen LogP contribution < -0.4 is 0 Å². The molecule has 0 saturated heterocycles. The van der Waals surface area contributed by atoms with Gasteiger partial charge < -0.3 is 24.9 Å². The van der Waals surface area contributed by atoms with Gasteiger partial charge >= 0.3 is 7.82 Å². The zero-order valence-corrected chi connectivity index (χ0v) is 22.9. The molecule has 0 heterocycles. The van der Waals surface area contributed by atoms with E-state index in [9.17, 15) is 14.6 Å². The van der Waals surface area contributed by atoms with Crippen LogP contribution in [0, 0.1) is 0 Å². The number of hydrogen-bond acceptors (Lipinski definition) is 7. The second-order valence-electron chi connectivity index (χ2n) is 9.27. The zero-order chi connectivity index (χ0) is 26.0. The van der Waals surface area contributed by atoms with Crippen LogP contribution in [0.1, 0.15) is 110 Å². The second kappa shape index (κ2) is 25.3. The maximum Gasteiger partial charge on any atom is 0.472 e. The van der Waals surface area contributed by atoms with Gasteiger partial charge in [-0.15, -0.1) is 0 Å². The highest BCUT2D eigenvalue weighted by atomic mass is 31.2. The van der Waals surface area contributed by atoms with Crippen molar-refractivity contribution in [2.45, 2.75) is 122 Å². The van der Waals surface area contributed by atoms with Crippen LogP contribution in [0.25, 0.3) is 0 Å². The van der Waals surface area contributed by atoms with Crippen molar-refractivity contribution in [2.24, 2.45) is 0 Å². The highest BCUT2D eigenvalue weighted by molar-refractivity contribution is 7.47. The molecule has 0 saturated carbocycles. The van der Waals surface area contributed by atoms with E-state index in [2.05, 4.69) is 28.1 Å². The number of rotatable bonds is 27. The van der Waals surface area contributed by atoms with Crippen LogP contribution >= 0.6 is 7.82 Å². The Kier molecular flexibility index (Phi) is 25.1. The van der Waals surface area contributed by atoms with Crippen molar-refractivity contribution in [3.05, 3.63) is 12.2 Å². The number of allylic oxidation sites excluding steroid dienone is 2. The largest absolute Gasteiger partial charge is 0.472 e. The van der Waals surface area contributed by atoms with Crippen molar-refractivity contribution >= 4 is 7.82 Å². The molecule has 0 fully saturated rings. The molecule has 0 spiro atoms. The smallest absolute Gasteiger partial charge is 0.394 e. The maximum absolute atomic E-state index is 11.6. The Labute approximate surface area is 213 Å². The number of hydrogen-bond donors (Lipinski definition) is 4. The van der Waals surface area contributed by atoms with Gasteiger partial charge in [-0.3, -0.25) is 9.05 Å². The lowest BCUT2D eigenvalue weighted by molar-refractivity contribution is -0.00437. The number of aliphatic hydroxyl groups excluding tert-OH is 3. The quantitative estimate of drug-likeness (QED) is 0.0615. The van der Waals surface area contributed by atoms with E-state index in [-0.39, 0.29) is 6.61 Å². The maximum atomic E-state index is 11.6. The summed E-state index contributed by atoms with van der Waals surface area (Å²) in [4.78, 5) is 9.41. The zero-order valence-electron chi connectivity index (χ0n) is 22.0. The highest BCUT2D eigenvalue weighted by Crippen LogP contribution is 2.43. The van der Waals surface area contributed by atoms with Gasteiger partial charge in [-0.25, -0.2) is 4.57 Å². The SMILES string of the molecule is CCCCCCCC/C=C\CCCCCCCCCCOCC(O)COP(=O)(O)OCC(O)CO. The lowest BCUT2D eigenvalue weighted by Crippen LogP contribution is -2.23. The molecule has 0 amide bonds. The molecule has 8 nitrogen and oxygen atoms in total. The molecule has 0 aliphatic heterocycles. The van der Waals surface area contributed by atoms with E-state index < -0.39 is 39.9 Å². The fourth-order valence-corrected chi connectivity index (χ4v) is 4.32. The van der Waals surface area contributed by atoms with E-state index in [0.29, 0.717) is 6.61 Å². The van der Waals surface area contributed by atoms with E-state index in [1.807, 2.05) is 0 Å². The first-order chi connectivity index (χ1) is 16.9. The van der Waals surface area contributed by atoms with Gasteiger partial charge in [0.25, 0.3) is 0 Å². The van der Waals surface area contributed by atoms with Crippen molar-refractivity contribution in [3.8, 4) is 0 Å². The standard InChI is InChI=1S/C26H53O8P/c1-2-3-4-5-6-7-8-9-10-11-12-13-14-15-16-17-18-19-20-32-22-26(29)24-34-35(30,31)33-23-25(28)21-27/h9-10,25-29H,2-8,11-24H2,1H3,(H,30,31)/b10-9-. The van der Waals surface area contributed by atoms with Gasteiger partial charge in [-0.2, -0.15) is 0 Å². The minimum atomic E-state index is -4.38. The fraction of sp³-hybridized carbons (Fsp3) is 0.923. The molecular weight excluding hydrogens is 471 g/mol. The molecule has 0 rings (SSSR count). The van der Waals surface area contributed by atoms with Crippen LogP contribution in [-0.4, -0.2) is 65.5 Å². The molecule has 4 N–H and O–H groups in total. The molecule has 0 aliphatic carbocycles. The monoisotopic (exact) mass is 524 g/mol. The summed E-state index contributed by atoms with van der Waals surface area (Å²) in [7, 11) is -4.38. The summed E-state index contributed by atoms with van der Waals surface area (Å²) in [5.41, 5.74) is 0. The lowest BCUT2D eigenvalue weighted by Gasteiger charge is -2.16. The van der Waals surface area contributed by atoms with Gasteiger partial charge in [0.1, 0.15) is 12.2 Å². The predicted octanol–water partition coefficient (Wildman–Crippen LogP) is 5.67. The minimum Gasteiger partial charge on any atom is -0.394 e. The summed E-state index contributed by atoms with van der Waals surface area (Å²) in [5.74, 6) is 0. The normalized spacial score (nSPS) is 15.5. The third-order valence-corrected chi connectivity index (χ3v) is 6.63. The van der Waals surface area contributed by atoms with E-state index in [0.717, 1.165) is 12.8 Å². The highest BCUT2D eigenvalue weighted by Gasteiger charge is 2.24. The first-order valence-corrected chi connectivity index (χ1v) is 15.2. The first kappa shape index (κ1) is 34.7. The molecule has 3 unspecified atom stereocenters. The van der Waals surface area contributed by atoms with Crippen LogP contribution in [0.3, 0.4) is 0 Å². The molecule has 0 aromatic heterocycles. The van der Waals surface area contributed by atoms with Gasteiger partial charge in [-0.05, 0) is 32.1 Å². The van der Waals surface area contributed by atoms with E-state index in [4.69, 9.17) is 14.9 Å². The summed E-state index contributed by atoms with van der Waals surface area (Å²) in [6.45, 7) is 1.25. The van der Waals surface area contributed by atoms with Gasteiger partial charge in [0, 0.05) is 6.61 Å². The lowest BCUT2D eigenvalue weighted by atomic mass is 10.1. The van der Waals surface area contributed by atoms with Crippen LogP contribution in [0.2, 0.25) is 0 Å². The van der Waals surface area contributed by atoms with Crippen molar-refractivity contribution in [2.75, 3.05) is 33.0 Å². The molecule has 0 radical (unpaired) electrons. The molecule has 9 heteroatoms. The fourth-order valence-electron chi connectivity index (χ4n) is 3.52. The van der Waals surface area contributed by atoms with Crippen LogP contribution in [0.4, 0.5) is 0 Å². The molecule has 0 aromatic carbocycles. The summed E-state index contributed by atoms with van der Waals surface area (Å²) in [5, 5.41) is 27.5. The summed E-state index contributed by atoms with van der Waals surface area (Å²) in [6.07, 6.45) is 22.6. The van der Waals surface area contributed by atoms with E-state index in [1.54, 1.807) is 0 Å². The Morgan fingerprint density at radius 1 is 0.686 bits per heavy atom. The number of phosphoric acid groups is 1. The number of ether oxygens (including phenoxy) is 1. The van der Waals surface area contributed by atoms with Crippen LogP contribution in [0.5, 0.6) is 0 Å². The van der Waals surface area contributed by atoms with E-state index in [1.165, 1.54) is 89.9 Å². The predicted molar refractivity (Wildman–Crippen MR) is 140 cm³/mol. The summed E-state index contributed by atoms with van der Waals surface area (Å²) >= 11 is 0. The van der Waals surface area contributed by atoms with Crippen molar-refractivity contribution in [1.29, 1.82) is 0 Å². The van der Waals surface area contributed by atoms with Gasteiger partial charge in [0.15, 0.2) is 0 Å². The molecule has 0 aliphatic rings. The minimum absolute atomic E-state index is 0.00662. The van der Waals surface area contributed by atoms with Crippen molar-refractivity contribution < 1.29 is 38.6 Å². The molecule has 210 valence electrons. The number of unbranched alkanes of at least 4 members (excludes halogenated alkanes) is 14. The van der Waals surface area contributed by atoms with Gasteiger partial charge in [0.05, 0.1) is 26.4 Å². The summed E-state index contributed by atoms with van der Waals surface area (Å²) < 4.78 is 26.1. The Hall–Kier alpha value is -0.310. The van der Waals surface area contributed by atoms with Crippen LogP contribution in [0.15, 0.2) is 12.2 Å². The molecule has 35 heavy (non-hydrogen) atoms. The second-order valence-corrected chi connectivity index (χ2v) is 10.7. The van der Waals surface area contributed by atoms with Crippen molar-refractivity contribution in [3.63, 3.8) is 0 Å². The Bertz CT molecular complexity index is 518. The molecule has 0 bridgehead atoms. The molecule has 0 aromatic rings. The number of aliphatic hydroxyl groups is 3. The van der Waals surface area contributed by atoms with E-state index >= 15 is 0 Å².